The lowest BCUT2D eigenvalue weighted by Crippen LogP contribution is -2.29. The van der Waals surface area contributed by atoms with Crippen LogP contribution in [0.1, 0.15) is 49.4 Å². The van der Waals surface area contributed by atoms with Crippen LogP contribution in [-0.4, -0.2) is 32.8 Å². The fourth-order valence-electron chi connectivity index (χ4n) is 3.15. The summed E-state index contributed by atoms with van der Waals surface area (Å²) >= 11 is 1.27. The summed E-state index contributed by atoms with van der Waals surface area (Å²) in [5, 5.41) is 22.7. The largest absolute Gasteiger partial charge is 0.296 e. The molecule has 0 saturated heterocycles. The van der Waals surface area contributed by atoms with Gasteiger partial charge < -0.3 is 0 Å². The van der Waals surface area contributed by atoms with E-state index in [1.165, 1.54) is 47.7 Å². The number of fused-ring (bicyclic) bond motifs is 1. The normalized spacial score (nSPS) is 12.7. The molecule has 0 atom stereocenters. The van der Waals surface area contributed by atoms with Gasteiger partial charge in [0.05, 0.1) is 21.7 Å². The van der Waals surface area contributed by atoms with E-state index in [0.29, 0.717) is 5.13 Å². The Kier molecular flexibility index (Phi) is 5.26. The molecule has 0 aliphatic carbocycles. The second-order valence-electron chi connectivity index (χ2n) is 6.69. The lowest BCUT2D eigenvalue weighted by molar-refractivity contribution is -0.384. The summed E-state index contributed by atoms with van der Waals surface area (Å²) in [5.41, 5.74) is 0.188. The predicted molar refractivity (Wildman–Crippen MR) is 113 cm³/mol. The minimum absolute atomic E-state index is 0.0492. The first-order valence-electron chi connectivity index (χ1n) is 9.30. The third kappa shape index (κ3) is 3.78. The van der Waals surface area contributed by atoms with Gasteiger partial charge in [0.15, 0.2) is 0 Å². The van der Waals surface area contributed by atoms with Gasteiger partial charge in [-0.15, -0.1) is 10.2 Å². The van der Waals surface area contributed by atoms with E-state index >= 15 is 0 Å². The molecule has 1 aliphatic rings. The molecule has 0 spiro atoms. The Morgan fingerprint density at radius 1 is 1.13 bits per heavy atom. The molecule has 0 fully saturated rings. The summed E-state index contributed by atoms with van der Waals surface area (Å²) in [6.07, 6.45) is 1.67. The van der Waals surface area contributed by atoms with Crippen LogP contribution in [-0.2, 0) is 6.42 Å². The summed E-state index contributed by atoms with van der Waals surface area (Å²) in [5.74, 6) is -1.76. The second kappa shape index (κ2) is 8.03. The van der Waals surface area contributed by atoms with Crippen LogP contribution < -0.4 is 10.2 Å². The average Bonchev–Trinajstić information content (AvgIpc) is 3.30. The van der Waals surface area contributed by atoms with E-state index in [-0.39, 0.29) is 28.1 Å². The highest BCUT2D eigenvalue weighted by Gasteiger charge is 2.37. The molecule has 156 valence electrons. The van der Waals surface area contributed by atoms with Crippen molar-refractivity contribution in [3.05, 3.63) is 74.3 Å². The van der Waals surface area contributed by atoms with Gasteiger partial charge in [-0.25, -0.2) is 4.90 Å². The molecule has 3 aromatic rings. The highest BCUT2D eigenvalue weighted by molar-refractivity contribution is 7.15. The maximum atomic E-state index is 12.9. The molecule has 3 amide bonds. The molecular formula is C20H15N5O5S. The van der Waals surface area contributed by atoms with Gasteiger partial charge in [-0.1, -0.05) is 24.3 Å². The first-order valence-corrected chi connectivity index (χ1v) is 10.1. The number of anilines is 2. The van der Waals surface area contributed by atoms with Crippen LogP contribution in [0.4, 0.5) is 16.5 Å². The lowest BCUT2D eigenvalue weighted by atomic mass is 10.1. The van der Waals surface area contributed by atoms with Crippen LogP contribution in [0, 0.1) is 10.1 Å². The number of rotatable bonds is 6. The van der Waals surface area contributed by atoms with Gasteiger partial charge in [-0.3, -0.25) is 29.8 Å². The number of nitro benzene ring substituents is 1. The lowest BCUT2D eigenvalue weighted by Gasteiger charge is -2.13. The Hall–Kier alpha value is -3.99. The summed E-state index contributed by atoms with van der Waals surface area (Å²) in [7, 11) is 0. The fourth-order valence-corrected chi connectivity index (χ4v) is 3.99. The summed E-state index contributed by atoms with van der Waals surface area (Å²) in [6.45, 7) is 2.01. The Morgan fingerprint density at radius 2 is 1.90 bits per heavy atom. The number of aromatic nitrogens is 2. The Balaban J connectivity index is 1.59. The maximum absolute atomic E-state index is 12.9. The Bertz CT molecular complexity index is 1240. The van der Waals surface area contributed by atoms with Crippen LogP contribution in [0.3, 0.4) is 0 Å². The van der Waals surface area contributed by atoms with Crippen molar-refractivity contribution >= 4 is 45.6 Å². The summed E-state index contributed by atoms with van der Waals surface area (Å²) in [6, 6.07) is 9.41. The number of nitro groups is 1. The van der Waals surface area contributed by atoms with Gasteiger partial charge in [0.2, 0.25) is 5.13 Å². The van der Waals surface area contributed by atoms with Gasteiger partial charge in [-0.2, -0.15) is 0 Å². The predicted octanol–water partition coefficient (Wildman–Crippen LogP) is 3.45. The number of non-ortho nitro benzene ring substituents is 1. The number of aryl methyl sites for hydroxylation is 1. The molecule has 11 heteroatoms. The van der Waals surface area contributed by atoms with Crippen LogP contribution in [0.25, 0.3) is 0 Å². The maximum Gasteiger partial charge on any atom is 0.271 e. The summed E-state index contributed by atoms with van der Waals surface area (Å²) in [4.78, 5) is 49.5. The van der Waals surface area contributed by atoms with Crippen molar-refractivity contribution in [1.29, 1.82) is 0 Å². The van der Waals surface area contributed by atoms with E-state index in [1.807, 2.05) is 6.92 Å². The zero-order valence-electron chi connectivity index (χ0n) is 16.2. The van der Waals surface area contributed by atoms with E-state index in [9.17, 15) is 24.5 Å². The second-order valence-corrected chi connectivity index (χ2v) is 7.75. The Morgan fingerprint density at radius 3 is 2.65 bits per heavy atom. The van der Waals surface area contributed by atoms with Gasteiger partial charge in [-0.05, 0) is 30.7 Å². The molecule has 0 bridgehead atoms. The van der Waals surface area contributed by atoms with Crippen molar-refractivity contribution in [2.45, 2.75) is 19.8 Å². The zero-order chi connectivity index (χ0) is 22.1. The van der Waals surface area contributed by atoms with E-state index in [0.717, 1.165) is 28.8 Å². The number of nitrogens with one attached hydrogen (secondary N) is 1. The molecule has 0 radical (unpaired) electrons. The minimum Gasteiger partial charge on any atom is -0.296 e. The van der Waals surface area contributed by atoms with Gasteiger partial charge >= 0.3 is 0 Å². The molecule has 0 saturated carbocycles. The molecule has 1 N–H and O–H groups in total. The van der Waals surface area contributed by atoms with Crippen molar-refractivity contribution in [2.75, 3.05) is 10.2 Å². The highest BCUT2D eigenvalue weighted by atomic mass is 32.1. The van der Waals surface area contributed by atoms with Crippen molar-refractivity contribution in [3.8, 4) is 0 Å². The first kappa shape index (κ1) is 20.3. The molecule has 31 heavy (non-hydrogen) atoms. The van der Waals surface area contributed by atoms with Crippen molar-refractivity contribution in [1.82, 2.24) is 10.2 Å². The number of carbonyl (C=O) groups is 3. The number of carbonyl (C=O) groups excluding carboxylic acids is 3. The van der Waals surface area contributed by atoms with Crippen LogP contribution in [0.2, 0.25) is 0 Å². The standard InChI is InChI=1S/C20H15N5O5S/c1-2-4-16-22-23-20(31-16)21-17(26)11-7-8-14-15(9-11)19(28)24(18(14)27)12-5-3-6-13(10-12)25(29)30/h3,5-10H,2,4H2,1H3,(H,21,23,26). The van der Waals surface area contributed by atoms with Gasteiger partial charge in [0.25, 0.3) is 23.4 Å². The number of amides is 3. The van der Waals surface area contributed by atoms with E-state index in [4.69, 9.17) is 0 Å². The van der Waals surface area contributed by atoms with Gasteiger partial charge in [0.1, 0.15) is 5.01 Å². The van der Waals surface area contributed by atoms with E-state index in [2.05, 4.69) is 15.5 Å². The number of hydrogen-bond acceptors (Lipinski definition) is 8. The summed E-state index contributed by atoms with van der Waals surface area (Å²) < 4.78 is 0. The molecule has 2 aromatic carbocycles. The van der Waals surface area contributed by atoms with Crippen molar-refractivity contribution in [3.63, 3.8) is 0 Å². The first-order chi connectivity index (χ1) is 14.9. The highest BCUT2D eigenvalue weighted by Crippen LogP contribution is 2.31. The van der Waals surface area contributed by atoms with Crippen LogP contribution >= 0.6 is 11.3 Å². The Labute approximate surface area is 179 Å². The van der Waals surface area contributed by atoms with Gasteiger partial charge in [0, 0.05) is 24.1 Å². The molecule has 4 rings (SSSR count). The number of hydrogen-bond donors (Lipinski definition) is 1. The minimum atomic E-state index is -0.656. The molecule has 2 heterocycles. The number of nitrogens with zero attached hydrogens (tertiary/aromatic N) is 4. The van der Waals surface area contributed by atoms with E-state index < -0.39 is 22.6 Å². The molecule has 1 aliphatic heterocycles. The average molecular weight is 437 g/mol. The number of benzene rings is 2. The topological polar surface area (TPSA) is 135 Å². The third-order valence-corrected chi connectivity index (χ3v) is 5.50. The molecule has 10 nitrogen and oxygen atoms in total. The fraction of sp³-hybridized carbons (Fsp3) is 0.150. The van der Waals surface area contributed by atoms with Crippen LogP contribution in [0.15, 0.2) is 42.5 Å². The molecule has 0 unspecified atom stereocenters. The third-order valence-electron chi connectivity index (χ3n) is 4.60. The monoisotopic (exact) mass is 437 g/mol. The quantitative estimate of drug-likeness (QED) is 0.354. The van der Waals surface area contributed by atoms with Crippen LogP contribution in [0.5, 0.6) is 0 Å². The van der Waals surface area contributed by atoms with E-state index in [1.54, 1.807) is 0 Å². The smallest absolute Gasteiger partial charge is 0.271 e. The number of imide groups is 1. The van der Waals surface area contributed by atoms with Crippen molar-refractivity contribution < 1.29 is 19.3 Å². The molecular weight excluding hydrogens is 422 g/mol. The zero-order valence-corrected chi connectivity index (χ0v) is 17.0. The van der Waals surface area contributed by atoms with Crippen molar-refractivity contribution in [2.24, 2.45) is 0 Å². The SMILES string of the molecule is CCCc1nnc(NC(=O)c2ccc3c(c2)C(=O)N(c2cccc([N+](=O)[O-])c2)C3=O)s1. The molecule has 1 aromatic heterocycles.